The van der Waals surface area contributed by atoms with Crippen LogP contribution >= 0.6 is 27.3 Å². The maximum absolute atomic E-state index is 11.7. The molecule has 0 fully saturated rings. The molecule has 2 aromatic heterocycles. The van der Waals surface area contributed by atoms with Crippen molar-refractivity contribution >= 4 is 33.2 Å². The molecule has 0 unspecified atom stereocenters. The zero-order valence-electron chi connectivity index (χ0n) is 8.49. The third-order valence-corrected chi connectivity index (χ3v) is 3.77. The fourth-order valence-corrected chi connectivity index (χ4v) is 2.53. The number of rotatable bonds is 3. The van der Waals surface area contributed by atoms with Crippen LogP contribution in [0.15, 0.2) is 26.6 Å². The number of hydrogen-bond donors (Lipinski definition) is 1. The van der Waals surface area contributed by atoms with Crippen LogP contribution in [0.4, 0.5) is 0 Å². The second-order valence-corrected chi connectivity index (χ2v) is 5.05. The number of aryl methyl sites for hydroxylation is 1. The van der Waals surface area contributed by atoms with Crippen LogP contribution in [0.25, 0.3) is 0 Å². The Morgan fingerprint density at radius 1 is 1.69 bits per heavy atom. The summed E-state index contributed by atoms with van der Waals surface area (Å²) in [6.45, 7) is 2.25. The lowest BCUT2D eigenvalue weighted by Crippen LogP contribution is -2.21. The summed E-state index contributed by atoms with van der Waals surface area (Å²) in [4.78, 5) is 12.4. The van der Waals surface area contributed by atoms with E-state index in [1.807, 2.05) is 12.3 Å². The maximum Gasteiger partial charge on any atom is 0.261 e. The van der Waals surface area contributed by atoms with Crippen LogP contribution in [-0.4, -0.2) is 11.1 Å². The number of hydrogen-bond acceptors (Lipinski definition) is 4. The predicted octanol–water partition coefficient (Wildman–Crippen LogP) is 2.74. The van der Waals surface area contributed by atoms with Gasteiger partial charge in [0.15, 0.2) is 0 Å². The number of nitrogens with one attached hydrogen (secondary N) is 1. The van der Waals surface area contributed by atoms with Gasteiger partial charge in [-0.25, -0.2) is 0 Å². The largest absolute Gasteiger partial charge is 0.361 e. The topological polar surface area (TPSA) is 55.1 Å². The van der Waals surface area contributed by atoms with Crippen LogP contribution in [-0.2, 0) is 6.54 Å². The van der Waals surface area contributed by atoms with Crippen LogP contribution in [0, 0.1) is 6.92 Å². The molecule has 0 aromatic carbocycles. The van der Waals surface area contributed by atoms with E-state index in [1.54, 1.807) is 12.3 Å². The van der Waals surface area contributed by atoms with Gasteiger partial charge in [-0.3, -0.25) is 4.79 Å². The highest BCUT2D eigenvalue weighted by Gasteiger charge is 2.09. The zero-order valence-corrected chi connectivity index (χ0v) is 10.9. The molecule has 0 aliphatic rings. The van der Waals surface area contributed by atoms with Crippen LogP contribution in [0.3, 0.4) is 0 Å². The molecule has 1 N–H and O–H groups in total. The number of amides is 1. The maximum atomic E-state index is 11.7. The quantitative estimate of drug-likeness (QED) is 0.948. The first-order chi connectivity index (χ1) is 7.66. The Bertz CT molecular complexity index is 506. The minimum Gasteiger partial charge on any atom is -0.361 e. The number of thiophene rings is 1. The monoisotopic (exact) mass is 300 g/mol. The van der Waals surface area contributed by atoms with Gasteiger partial charge in [0.2, 0.25) is 0 Å². The molecule has 2 rings (SSSR count). The summed E-state index contributed by atoms with van der Waals surface area (Å²) in [6, 6.07) is 1.79. The van der Waals surface area contributed by atoms with E-state index in [9.17, 15) is 4.79 Å². The summed E-state index contributed by atoms with van der Waals surface area (Å²) in [7, 11) is 0. The molecule has 0 aliphatic heterocycles. The summed E-state index contributed by atoms with van der Waals surface area (Å²) in [5, 5.41) is 8.33. The van der Waals surface area contributed by atoms with Crippen LogP contribution < -0.4 is 5.32 Å². The minimum absolute atomic E-state index is 0.0868. The normalized spacial score (nSPS) is 10.4. The molecule has 4 nitrogen and oxygen atoms in total. The molecule has 1 amide bonds. The third-order valence-electron chi connectivity index (χ3n) is 2.08. The smallest absolute Gasteiger partial charge is 0.261 e. The molecule has 16 heavy (non-hydrogen) atoms. The van der Waals surface area contributed by atoms with Gasteiger partial charge in [-0.2, -0.15) is 0 Å². The Morgan fingerprint density at radius 2 is 2.50 bits per heavy atom. The van der Waals surface area contributed by atoms with Crippen LogP contribution in [0.5, 0.6) is 0 Å². The number of nitrogens with zero attached hydrogens (tertiary/aromatic N) is 1. The molecular weight excluding hydrogens is 292 g/mol. The number of halogens is 1. The lowest BCUT2D eigenvalue weighted by atomic mass is 10.3. The Morgan fingerprint density at radius 3 is 3.06 bits per heavy atom. The van der Waals surface area contributed by atoms with Crippen LogP contribution in [0.1, 0.15) is 21.0 Å². The number of carbonyl (C=O) groups is 1. The Labute approximate surface area is 105 Å². The highest BCUT2D eigenvalue weighted by Crippen LogP contribution is 2.19. The van der Waals surface area contributed by atoms with E-state index < -0.39 is 0 Å². The van der Waals surface area contributed by atoms with Crippen molar-refractivity contribution in [3.8, 4) is 0 Å². The summed E-state index contributed by atoms with van der Waals surface area (Å²) in [5.74, 6) is 0.643. The Hall–Kier alpha value is -1.14. The molecule has 0 saturated carbocycles. The van der Waals surface area contributed by atoms with Crippen LogP contribution in [0.2, 0.25) is 0 Å². The fourth-order valence-electron chi connectivity index (χ4n) is 1.18. The SMILES string of the molecule is Cc1oncc1CNC(=O)c1cc(Br)cs1. The average molecular weight is 301 g/mol. The molecule has 2 aromatic rings. The van der Waals surface area contributed by atoms with E-state index in [0.29, 0.717) is 11.4 Å². The first-order valence-electron chi connectivity index (χ1n) is 4.59. The highest BCUT2D eigenvalue weighted by atomic mass is 79.9. The van der Waals surface area contributed by atoms with Gasteiger partial charge in [0.05, 0.1) is 11.1 Å². The van der Waals surface area contributed by atoms with Crippen molar-refractivity contribution in [2.75, 3.05) is 0 Å². The van der Waals surface area contributed by atoms with Crippen molar-refractivity contribution in [3.63, 3.8) is 0 Å². The van der Waals surface area contributed by atoms with Gasteiger partial charge >= 0.3 is 0 Å². The highest BCUT2D eigenvalue weighted by molar-refractivity contribution is 9.10. The van der Waals surface area contributed by atoms with E-state index >= 15 is 0 Å². The minimum atomic E-state index is -0.0868. The van der Waals surface area contributed by atoms with Crippen molar-refractivity contribution in [1.82, 2.24) is 10.5 Å². The molecule has 0 radical (unpaired) electrons. The van der Waals surface area contributed by atoms with Gasteiger partial charge in [-0.05, 0) is 28.9 Å². The number of carbonyl (C=O) groups excluding carboxylic acids is 1. The molecule has 2 heterocycles. The van der Waals surface area contributed by atoms with Crippen molar-refractivity contribution in [1.29, 1.82) is 0 Å². The Balaban J connectivity index is 1.96. The van der Waals surface area contributed by atoms with Crippen molar-refractivity contribution < 1.29 is 9.32 Å². The molecule has 84 valence electrons. The van der Waals surface area contributed by atoms with Gasteiger partial charge in [-0.15, -0.1) is 11.3 Å². The predicted molar refractivity (Wildman–Crippen MR) is 64.4 cm³/mol. The molecule has 0 atom stereocenters. The van der Waals surface area contributed by atoms with E-state index in [-0.39, 0.29) is 5.91 Å². The summed E-state index contributed by atoms with van der Waals surface area (Å²) < 4.78 is 5.82. The molecule has 0 aliphatic carbocycles. The lowest BCUT2D eigenvalue weighted by Gasteiger charge is -2.00. The Kier molecular flexibility index (Phi) is 3.40. The van der Waals surface area contributed by atoms with E-state index in [4.69, 9.17) is 4.52 Å². The van der Waals surface area contributed by atoms with Crippen molar-refractivity contribution in [3.05, 3.63) is 38.3 Å². The summed E-state index contributed by atoms with van der Waals surface area (Å²) >= 11 is 4.71. The van der Waals surface area contributed by atoms with E-state index in [1.165, 1.54) is 11.3 Å². The molecule has 6 heteroatoms. The first kappa shape index (κ1) is 11.3. The lowest BCUT2D eigenvalue weighted by molar-refractivity contribution is 0.0955. The molecular formula is C10H9BrN2O2S. The number of aromatic nitrogens is 1. The van der Waals surface area contributed by atoms with Gasteiger partial charge in [-0.1, -0.05) is 5.16 Å². The van der Waals surface area contributed by atoms with Crippen molar-refractivity contribution in [2.45, 2.75) is 13.5 Å². The van der Waals surface area contributed by atoms with E-state index in [2.05, 4.69) is 26.4 Å². The van der Waals surface area contributed by atoms with E-state index in [0.717, 1.165) is 15.8 Å². The molecule has 0 spiro atoms. The van der Waals surface area contributed by atoms with Crippen molar-refractivity contribution in [2.24, 2.45) is 0 Å². The second-order valence-electron chi connectivity index (χ2n) is 3.22. The van der Waals surface area contributed by atoms with Gasteiger partial charge in [0, 0.05) is 22.0 Å². The van der Waals surface area contributed by atoms with Gasteiger partial charge in [0.25, 0.3) is 5.91 Å². The summed E-state index contributed by atoms with van der Waals surface area (Å²) in [5.41, 5.74) is 0.893. The first-order valence-corrected chi connectivity index (χ1v) is 6.26. The average Bonchev–Trinajstić information content (AvgIpc) is 2.84. The third kappa shape index (κ3) is 2.51. The molecule has 0 saturated heterocycles. The van der Waals surface area contributed by atoms with Gasteiger partial charge in [0.1, 0.15) is 5.76 Å². The standard InChI is InChI=1S/C10H9BrN2O2S/c1-6-7(4-13-15-6)3-12-10(14)9-2-8(11)5-16-9/h2,4-5H,3H2,1H3,(H,12,14). The second kappa shape index (κ2) is 4.80. The fraction of sp³-hybridized carbons (Fsp3) is 0.200. The zero-order chi connectivity index (χ0) is 11.5. The summed E-state index contributed by atoms with van der Waals surface area (Å²) in [6.07, 6.45) is 1.61. The van der Waals surface area contributed by atoms with Gasteiger partial charge < -0.3 is 9.84 Å². The molecule has 0 bridgehead atoms.